The van der Waals surface area contributed by atoms with Crippen LogP contribution in [0.1, 0.15) is 11.7 Å². The number of ether oxygens (including phenoxy) is 5. The van der Waals surface area contributed by atoms with Gasteiger partial charge in [-0.3, -0.25) is 0 Å². The van der Waals surface area contributed by atoms with E-state index >= 15 is 0 Å². The quantitative estimate of drug-likeness (QED) is 0.336. The molecule has 10 nitrogen and oxygen atoms in total. The lowest BCUT2D eigenvalue weighted by molar-refractivity contribution is -0.165. The molecule has 1 aliphatic heterocycles. The van der Waals surface area contributed by atoms with Crippen LogP contribution in [0.2, 0.25) is 0 Å². The van der Waals surface area contributed by atoms with Crippen molar-refractivity contribution in [2.75, 3.05) is 47.2 Å². The number of esters is 2. The fourth-order valence-electron chi connectivity index (χ4n) is 2.69. The van der Waals surface area contributed by atoms with E-state index in [0.717, 1.165) is 5.56 Å². The lowest BCUT2D eigenvalue weighted by atomic mass is 9.78. The van der Waals surface area contributed by atoms with Crippen LogP contribution in [0.25, 0.3) is 0 Å². The van der Waals surface area contributed by atoms with E-state index in [-0.39, 0.29) is 33.0 Å². The van der Waals surface area contributed by atoms with Crippen molar-refractivity contribution in [1.82, 2.24) is 0 Å². The van der Waals surface area contributed by atoms with Crippen molar-refractivity contribution in [3.63, 3.8) is 0 Å². The van der Waals surface area contributed by atoms with Gasteiger partial charge in [-0.05, 0) is 11.6 Å². The van der Waals surface area contributed by atoms with Crippen LogP contribution in [0.5, 0.6) is 5.75 Å². The second-order valence-corrected chi connectivity index (χ2v) is 5.94. The molecule has 0 saturated carbocycles. The summed E-state index contributed by atoms with van der Waals surface area (Å²) in [4.78, 5) is 23.2. The minimum atomic E-state index is -1.17. The maximum absolute atomic E-state index is 11.7. The van der Waals surface area contributed by atoms with Crippen molar-refractivity contribution in [2.45, 2.75) is 12.2 Å². The van der Waals surface area contributed by atoms with Crippen LogP contribution in [0, 0.1) is 0 Å². The van der Waals surface area contributed by atoms with E-state index in [1.807, 2.05) is 0 Å². The summed E-state index contributed by atoms with van der Waals surface area (Å²) in [6, 6.07) is 5.18. The number of benzene rings is 1. The summed E-state index contributed by atoms with van der Waals surface area (Å²) in [7, 11) is 1.54. The number of carbonyl (C=O) groups is 2. The highest BCUT2D eigenvalue weighted by atomic mass is 16.6. The van der Waals surface area contributed by atoms with Crippen LogP contribution in [-0.2, 0) is 33.2 Å². The molecule has 1 aromatic rings. The Kier molecular flexibility index (Phi) is 8.67. The standard InChI is InChI=1S/C17H24BNO9/c1-23-9-15(20)26-8-11(27-16(21)10-24-2)7-25-13-5-3-4-12-14(6-19)28-18(22)17(12)13/h3-5,11,14,22H,6-10,19H2,1-2H3/t11-,14+/m0/s1. The molecule has 1 aliphatic rings. The fraction of sp³-hybridized carbons (Fsp3) is 0.529. The summed E-state index contributed by atoms with van der Waals surface area (Å²) in [6.45, 7) is -0.618. The van der Waals surface area contributed by atoms with Gasteiger partial charge in [-0.15, -0.1) is 0 Å². The van der Waals surface area contributed by atoms with Gasteiger partial charge in [-0.25, -0.2) is 9.59 Å². The SMILES string of the molecule is COCC(=O)OC[C@H](COc1cccc2c1B(O)O[C@@H]2CN)OC(=O)COC. The Morgan fingerprint density at radius 3 is 2.61 bits per heavy atom. The van der Waals surface area contributed by atoms with Gasteiger partial charge in [-0.2, -0.15) is 0 Å². The van der Waals surface area contributed by atoms with Gasteiger partial charge >= 0.3 is 19.1 Å². The van der Waals surface area contributed by atoms with Crippen molar-refractivity contribution >= 4 is 24.5 Å². The first-order valence-corrected chi connectivity index (χ1v) is 8.62. The fourth-order valence-corrected chi connectivity index (χ4v) is 2.69. The van der Waals surface area contributed by atoms with E-state index in [0.29, 0.717) is 11.2 Å². The molecular weight excluding hydrogens is 373 g/mol. The molecule has 3 N–H and O–H groups in total. The van der Waals surface area contributed by atoms with Crippen molar-refractivity contribution in [1.29, 1.82) is 0 Å². The Morgan fingerprint density at radius 1 is 1.21 bits per heavy atom. The van der Waals surface area contributed by atoms with Crippen LogP contribution in [-0.4, -0.2) is 77.4 Å². The smallest absolute Gasteiger partial charge is 0.490 e. The number of rotatable bonds is 11. The topological polar surface area (TPSA) is 136 Å². The van der Waals surface area contributed by atoms with Gasteiger partial charge < -0.3 is 39.1 Å². The predicted molar refractivity (Wildman–Crippen MR) is 97.0 cm³/mol. The molecule has 0 amide bonds. The van der Waals surface area contributed by atoms with Crippen molar-refractivity contribution in [3.8, 4) is 5.75 Å². The summed E-state index contributed by atoms with van der Waals surface area (Å²) in [5.41, 5.74) is 6.85. The van der Waals surface area contributed by atoms with E-state index in [4.69, 9.17) is 29.3 Å². The van der Waals surface area contributed by atoms with Gasteiger partial charge in [0.2, 0.25) is 0 Å². The van der Waals surface area contributed by atoms with Crippen LogP contribution in [0.3, 0.4) is 0 Å². The first kappa shape index (κ1) is 22.1. The van der Waals surface area contributed by atoms with Crippen molar-refractivity contribution < 1.29 is 43.0 Å². The van der Waals surface area contributed by atoms with Crippen LogP contribution < -0.4 is 15.9 Å². The molecule has 2 rings (SSSR count). The maximum atomic E-state index is 11.7. The van der Waals surface area contributed by atoms with Gasteiger partial charge in [0.15, 0.2) is 6.10 Å². The number of fused-ring (bicyclic) bond motifs is 1. The van der Waals surface area contributed by atoms with Gasteiger partial charge in [0, 0.05) is 26.2 Å². The van der Waals surface area contributed by atoms with E-state index < -0.39 is 31.3 Å². The normalized spacial score (nSPS) is 16.4. The summed E-state index contributed by atoms with van der Waals surface area (Å²) in [6.07, 6.45) is -1.32. The molecule has 0 saturated heterocycles. The Labute approximate surface area is 162 Å². The van der Waals surface area contributed by atoms with E-state index in [9.17, 15) is 14.6 Å². The molecule has 28 heavy (non-hydrogen) atoms. The summed E-state index contributed by atoms with van der Waals surface area (Å²) in [5.74, 6) is -0.883. The second-order valence-electron chi connectivity index (χ2n) is 5.94. The predicted octanol–water partition coefficient (Wildman–Crippen LogP) is -1.47. The average Bonchev–Trinajstić information content (AvgIpc) is 3.01. The minimum Gasteiger partial charge on any atom is -0.490 e. The van der Waals surface area contributed by atoms with Crippen LogP contribution in [0.15, 0.2) is 18.2 Å². The number of hydrogen-bond donors (Lipinski definition) is 2. The van der Waals surface area contributed by atoms with Crippen molar-refractivity contribution in [3.05, 3.63) is 23.8 Å². The third-order valence-electron chi connectivity index (χ3n) is 3.88. The zero-order valence-electron chi connectivity index (χ0n) is 15.8. The number of hydrogen-bond acceptors (Lipinski definition) is 10. The lowest BCUT2D eigenvalue weighted by Crippen LogP contribution is -2.35. The van der Waals surface area contributed by atoms with Crippen LogP contribution in [0.4, 0.5) is 0 Å². The molecule has 0 aromatic heterocycles. The van der Waals surface area contributed by atoms with E-state index in [2.05, 4.69) is 4.74 Å². The Hall–Kier alpha value is -2.18. The molecular formula is C17H24BNO9. The molecule has 1 heterocycles. The highest BCUT2D eigenvalue weighted by Gasteiger charge is 2.37. The Balaban J connectivity index is 2.05. The van der Waals surface area contributed by atoms with Gasteiger partial charge in [-0.1, -0.05) is 12.1 Å². The molecule has 0 bridgehead atoms. The summed E-state index contributed by atoms with van der Waals surface area (Å²) in [5, 5.41) is 10.1. The third kappa shape index (κ3) is 5.91. The van der Waals surface area contributed by atoms with Gasteiger partial charge in [0.05, 0.1) is 6.10 Å². The Bertz CT molecular complexity index is 672. The monoisotopic (exact) mass is 397 g/mol. The number of nitrogens with two attached hydrogens (primary N) is 1. The molecule has 154 valence electrons. The largest absolute Gasteiger partial charge is 0.495 e. The summed E-state index contributed by atoms with van der Waals surface area (Å²) < 4.78 is 30.7. The summed E-state index contributed by atoms with van der Waals surface area (Å²) >= 11 is 0. The molecule has 11 heteroatoms. The average molecular weight is 397 g/mol. The molecule has 0 unspecified atom stereocenters. The Morgan fingerprint density at radius 2 is 1.93 bits per heavy atom. The zero-order chi connectivity index (χ0) is 20.5. The highest BCUT2D eigenvalue weighted by molar-refractivity contribution is 6.62. The first-order chi connectivity index (χ1) is 13.5. The number of carbonyl (C=O) groups excluding carboxylic acids is 2. The highest BCUT2D eigenvalue weighted by Crippen LogP contribution is 2.26. The molecule has 0 fully saturated rings. The number of methoxy groups -OCH3 is 2. The maximum Gasteiger partial charge on any atom is 0.495 e. The van der Waals surface area contributed by atoms with Crippen molar-refractivity contribution in [2.24, 2.45) is 5.73 Å². The zero-order valence-corrected chi connectivity index (χ0v) is 15.8. The minimum absolute atomic E-state index is 0.119. The van der Waals surface area contributed by atoms with E-state index in [1.54, 1.807) is 18.2 Å². The van der Waals surface area contributed by atoms with Crippen LogP contribution >= 0.6 is 0 Å². The molecule has 0 aliphatic carbocycles. The first-order valence-electron chi connectivity index (χ1n) is 8.62. The van der Waals surface area contributed by atoms with Gasteiger partial charge in [0.25, 0.3) is 0 Å². The molecule has 0 radical (unpaired) electrons. The molecule has 1 aromatic carbocycles. The third-order valence-corrected chi connectivity index (χ3v) is 3.88. The second kappa shape index (κ2) is 11.0. The molecule has 2 atom stereocenters. The van der Waals surface area contributed by atoms with Gasteiger partial charge in [0.1, 0.15) is 32.2 Å². The van der Waals surface area contributed by atoms with E-state index in [1.165, 1.54) is 14.2 Å². The lowest BCUT2D eigenvalue weighted by Gasteiger charge is -2.19. The molecule has 0 spiro atoms.